The lowest BCUT2D eigenvalue weighted by Crippen LogP contribution is -1.94. The minimum atomic E-state index is 1.03. The molecule has 1 heteroatoms. The van der Waals surface area contributed by atoms with Gasteiger partial charge in [0.1, 0.15) is 0 Å². The monoisotopic (exact) mass is 427 g/mol. The molecule has 0 aliphatic heterocycles. The summed E-state index contributed by atoms with van der Waals surface area (Å²) in [4.78, 5) is 0. The van der Waals surface area contributed by atoms with Crippen molar-refractivity contribution in [2.45, 2.75) is 27.2 Å². The molecular formula is C32H29N. The van der Waals surface area contributed by atoms with E-state index in [0.717, 1.165) is 6.42 Å². The molecular weight excluding hydrogens is 398 g/mol. The van der Waals surface area contributed by atoms with Crippen LogP contribution in [-0.2, 0) is 0 Å². The highest BCUT2D eigenvalue weighted by Crippen LogP contribution is 2.35. The van der Waals surface area contributed by atoms with Crippen LogP contribution in [0.3, 0.4) is 0 Å². The number of aryl methyl sites for hydroxylation is 1. The number of benzene rings is 4. The van der Waals surface area contributed by atoms with Gasteiger partial charge >= 0.3 is 0 Å². The first kappa shape index (κ1) is 21.0. The molecule has 0 fully saturated rings. The second-order valence-corrected chi connectivity index (χ2v) is 8.55. The van der Waals surface area contributed by atoms with Crippen molar-refractivity contribution in [3.8, 4) is 22.3 Å². The van der Waals surface area contributed by atoms with Gasteiger partial charge in [-0.2, -0.15) is 0 Å². The molecule has 5 rings (SSSR count). The van der Waals surface area contributed by atoms with Gasteiger partial charge in [-0.15, -0.1) is 0 Å². The molecule has 5 aromatic rings. The van der Waals surface area contributed by atoms with E-state index in [9.17, 15) is 0 Å². The van der Waals surface area contributed by atoms with Crippen molar-refractivity contribution in [3.05, 3.63) is 115 Å². The van der Waals surface area contributed by atoms with Gasteiger partial charge in [0, 0.05) is 16.5 Å². The fourth-order valence-corrected chi connectivity index (χ4v) is 4.57. The van der Waals surface area contributed by atoms with Crippen molar-refractivity contribution in [2.75, 3.05) is 0 Å². The lowest BCUT2D eigenvalue weighted by Gasteiger charge is -2.09. The average Bonchev–Trinajstić information content (AvgIpc) is 3.19. The van der Waals surface area contributed by atoms with E-state index in [-0.39, 0.29) is 0 Å². The highest BCUT2D eigenvalue weighted by molar-refractivity contribution is 6.11. The third kappa shape index (κ3) is 3.91. The minimum Gasteiger partial charge on any atom is -0.310 e. The molecule has 0 spiro atoms. The second kappa shape index (κ2) is 8.96. The van der Waals surface area contributed by atoms with E-state index in [1.54, 1.807) is 0 Å². The summed E-state index contributed by atoms with van der Waals surface area (Å²) in [5.74, 6) is 0. The van der Waals surface area contributed by atoms with E-state index in [1.165, 1.54) is 55.3 Å². The Morgan fingerprint density at radius 2 is 1.27 bits per heavy atom. The Balaban J connectivity index is 1.61. The van der Waals surface area contributed by atoms with Crippen molar-refractivity contribution in [1.29, 1.82) is 0 Å². The van der Waals surface area contributed by atoms with Gasteiger partial charge in [0.25, 0.3) is 0 Å². The molecule has 162 valence electrons. The molecule has 0 radical (unpaired) electrons. The predicted octanol–water partition coefficient (Wildman–Crippen LogP) is 9.26. The Bertz CT molecular complexity index is 1480. The van der Waals surface area contributed by atoms with Gasteiger partial charge in [-0.3, -0.25) is 0 Å². The number of fused-ring (bicyclic) bond motifs is 3. The first-order chi connectivity index (χ1) is 16.2. The summed E-state index contributed by atoms with van der Waals surface area (Å²) in [6.45, 7) is 6.41. The van der Waals surface area contributed by atoms with Crippen LogP contribution in [0.25, 0.3) is 49.8 Å². The summed E-state index contributed by atoms with van der Waals surface area (Å²) in [6, 6.07) is 33.2. The molecule has 0 bridgehead atoms. The van der Waals surface area contributed by atoms with Crippen LogP contribution in [0.5, 0.6) is 0 Å². The Morgan fingerprint density at radius 3 is 1.94 bits per heavy atom. The van der Waals surface area contributed by atoms with Crippen molar-refractivity contribution in [3.63, 3.8) is 0 Å². The van der Waals surface area contributed by atoms with E-state index in [2.05, 4.69) is 135 Å². The summed E-state index contributed by atoms with van der Waals surface area (Å²) in [5, 5.41) is 2.57. The molecule has 1 heterocycles. The van der Waals surface area contributed by atoms with Crippen molar-refractivity contribution < 1.29 is 0 Å². The van der Waals surface area contributed by atoms with Gasteiger partial charge in [0.15, 0.2) is 0 Å². The van der Waals surface area contributed by atoms with Crippen molar-refractivity contribution >= 4 is 27.5 Å². The zero-order valence-corrected chi connectivity index (χ0v) is 19.5. The largest absolute Gasteiger partial charge is 0.310 e. The maximum atomic E-state index is 2.38. The van der Waals surface area contributed by atoms with Gasteiger partial charge in [0.05, 0.1) is 11.0 Å². The zero-order valence-electron chi connectivity index (χ0n) is 19.5. The van der Waals surface area contributed by atoms with Gasteiger partial charge in [0.2, 0.25) is 0 Å². The molecule has 1 nitrogen and oxygen atoms in total. The number of aromatic nitrogens is 1. The maximum absolute atomic E-state index is 2.38. The Labute approximate surface area is 196 Å². The van der Waals surface area contributed by atoms with E-state index >= 15 is 0 Å². The Morgan fingerprint density at radius 1 is 0.697 bits per heavy atom. The Kier molecular flexibility index (Phi) is 5.71. The van der Waals surface area contributed by atoms with Gasteiger partial charge in [-0.1, -0.05) is 97.4 Å². The average molecular weight is 428 g/mol. The predicted molar refractivity (Wildman–Crippen MR) is 144 cm³/mol. The fourth-order valence-electron chi connectivity index (χ4n) is 4.57. The number of hydrogen-bond donors (Lipinski definition) is 0. The summed E-state index contributed by atoms with van der Waals surface area (Å²) < 4.78 is 2.38. The quantitative estimate of drug-likeness (QED) is 0.246. The van der Waals surface area contributed by atoms with Gasteiger partial charge in [-0.05, 0) is 66.8 Å². The normalized spacial score (nSPS) is 12.3. The zero-order chi connectivity index (χ0) is 22.8. The first-order valence-corrected chi connectivity index (χ1v) is 11.7. The summed E-state index contributed by atoms with van der Waals surface area (Å²) in [5.41, 5.74) is 9.96. The van der Waals surface area contributed by atoms with Crippen molar-refractivity contribution in [1.82, 2.24) is 4.57 Å². The molecule has 0 saturated carbocycles. The molecule has 0 unspecified atom stereocenters. The van der Waals surface area contributed by atoms with Gasteiger partial charge in [-0.25, -0.2) is 0 Å². The molecule has 33 heavy (non-hydrogen) atoms. The number of allylic oxidation sites excluding steroid dienone is 4. The standard InChI is InChI=1S/C32H29N/c1-4-6-9-28(5-2)33-31-11-8-7-10-29(31)30-22-27(20-21-32(30)33)26-18-16-25(17-19-26)24-14-12-23(3)13-15-24/h5-22H,4H2,1-3H3/b9-6-,28-5+. The van der Waals surface area contributed by atoms with Crippen molar-refractivity contribution in [2.24, 2.45) is 0 Å². The van der Waals surface area contributed by atoms with E-state index in [4.69, 9.17) is 0 Å². The fraction of sp³-hybridized carbons (Fsp3) is 0.125. The number of nitrogens with zero attached hydrogens (tertiary/aromatic N) is 1. The second-order valence-electron chi connectivity index (χ2n) is 8.55. The Hall–Kier alpha value is -3.84. The lowest BCUT2D eigenvalue weighted by atomic mass is 9.98. The molecule has 0 aliphatic rings. The molecule has 1 aromatic heterocycles. The van der Waals surface area contributed by atoms with Crippen LogP contribution in [0.1, 0.15) is 25.8 Å². The highest BCUT2D eigenvalue weighted by Gasteiger charge is 2.13. The van der Waals surface area contributed by atoms with Crippen LogP contribution < -0.4 is 0 Å². The summed E-state index contributed by atoms with van der Waals surface area (Å²) >= 11 is 0. The van der Waals surface area contributed by atoms with Gasteiger partial charge < -0.3 is 4.57 Å². The maximum Gasteiger partial charge on any atom is 0.0541 e. The van der Waals surface area contributed by atoms with E-state index in [1.807, 2.05) is 0 Å². The molecule has 0 saturated heterocycles. The third-order valence-corrected chi connectivity index (χ3v) is 6.35. The topological polar surface area (TPSA) is 4.93 Å². The highest BCUT2D eigenvalue weighted by atomic mass is 15.0. The first-order valence-electron chi connectivity index (χ1n) is 11.7. The summed E-state index contributed by atoms with van der Waals surface area (Å²) in [7, 11) is 0. The lowest BCUT2D eigenvalue weighted by molar-refractivity contribution is 1.19. The number of para-hydroxylation sites is 1. The van der Waals surface area contributed by atoms with E-state index in [0.29, 0.717) is 0 Å². The smallest absolute Gasteiger partial charge is 0.0541 e. The molecule has 0 aliphatic carbocycles. The SMILES string of the molecule is C/C=C(\C=C/CC)n1c2ccccc2c2cc(-c3ccc(-c4ccc(C)cc4)cc3)ccc21. The van der Waals surface area contributed by atoms with Crippen LogP contribution in [-0.4, -0.2) is 4.57 Å². The minimum absolute atomic E-state index is 1.03. The molecule has 4 aromatic carbocycles. The number of hydrogen-bond acceptors (Lipinski definition) is 0. The summed E-state index contributed by atoms with van der Waals surface area (Å²) in [6.07, 6.45) is 7.66. The van der Waals surface area contributed by atoms with Crippen LogP contribution in [0.4, 0.5) is 0 Å². The van der Waals surface area contributed by atoms with Crippen LogP contribution in [0, 0.1) is 6.92 Å². The van der Waals surface area contributed by atoms with E-state index < -0.39 is 0 Å². The van der Waals surface area contributed by atoms with Crippen LogP contribution in [0.15, 0.2) is 109 Å². The van der Waals surface area contributed by atoms with Crippen LogP contribution >= 0.6 is 0 Å². The third-order valence-electron chi connectivity index (χ3n) is 6.35. The molecule has 0 atom stereocenters. The molecule has 0 amide bonds. The van der Waals surface area contributed by atoms with Crippen LogP contribution in [0.2, 0.25) is 0 Å². The molecule has 0 N–H and O–H groups in total. The number of rotatable bonds is 5.